The number of likely N-dealkylation sites (N-methyl/N-ethyl adjacent to an activating group) is 1. The minimum atomic E-state index is -3.34. The van der Waals surface area contributed by atoms with Gasteiger partial charge in [0.2, 0.25) is 0 Å². The molecule has 5 nitrogen and oxygen atoms in total. The lowest BCUT2D eigenvalue weighted by molar-refractivity contribution is 0.492. The van der Waals surface area contributed by atoms with E-state index in [9.17, 15) is 8.42 Å². The number of benzene rings is 3. The molecule has 0 amide bonds. The maximum absolute atomic E-state index is 13.7. The van der Waals surface area contributed by atoms with Crippen LogP contribution in [0.25, 0.3) is 33.4 Å². The third-order valence-corrected chi connectivity index (χ3v) is 12.8. The molecule has 0 saturated heterocycles. The van der Waals surface area contributed by atoms with Crippen LogP contribution in [0.15, 0.2) is 146 Å². The molecule has 2 aliphatic carbocycles. The molecule has 4 heterocycles. The largest absolute Gasteiger partial charge is 0.377 e. The molecule has 0 fully saturated rings. The maximum Gasteiger partial charge on any atom is 0.155 e. The average Bonchev–Trinajstić information content (AvgIpc) is 3.42. The molecule has 3 atom stereocenters. The van der Waals surface area contributed by atoms with Gasteiger partial charge in [-0.1, -0.05) is 73.7 Å². The van der Waals surface area contributed by atoms with Gasteiger partial charge in [-0.25, -0.2) is 8.42 Å². The third-order valence-electron chi connectivity index (χ3n) is 11.0. The van der Waals surface area contributed by atoms with E-state index < -0.39 is 15.3 Å². The molecule has 50 heavy (non-hydrogen) atoms. The van der Waals surface area contributed by atoms with Crippen molar-refractivity contribution in [2.24, 2.45) is 5.41 Å². The summed E-state index contributed by atoms with van der Waals surface area (Å²) in [6, 6.07) is 26.2. The zero-order chi connectivity index (χ0) is 34.0. The van der Waals surface area contributed by atoms with E-state index in [1.165, 1.54) is 16.8 Å². The predicted octanol–water partition coefficient (Wildman–Crippen LogP) is 8.96. The summed E-state index contributed by atoms with van der Waals surface area (Å²) < 4.78 is 27.4. The van der Waals surface area contributed by atoms with Gasteiger partial charge in [0.1, 0.15) is 0 Å². The van der Waals surface area contributed by atoms with E-state index in [0.717, 1.165) is 56.8 Å². The van der Waals surface area contributed by atoms with Crippen LogP contribution in [0, 0.1) is 5.41 Å². The lowest BCUT2D eigenvalue weighted by atomic mass is 9.73. The first-order chi connectivity index (χ1) is 24.2. The highest BCUT2D eigenvalue weighted by molar-refractivity contribution is 7.90. The van der Waals surface area contributed by atoms with Crippen LogP contribution in [0.4, 0.5) is 5.69 Å². The molecule has 0 spiro atoms. The minimum Gasteiger partial charge on any atom is -0.377 e. The SMILES string of the molecule is CN1C=CC(c2cc(-c3ccncc3)cc(-c3ccc4c(c3)C3=CC(N5c6ccccc6C6C=CC=CC65)=CCC3(C)CS(=O)(=O)C4)c2)=CC1. The fourth-order valence-electron chi connectivity index (χ4n) is 8.49. The highest BCUT2D eigenvalue weighted by Gasteiger charge is 2.43. The number of anilines is 1. The summed E-state index contributed by atoms with van der Waals surface area (Å²) in [6.45, 7) is 2.99. The second-order valence-electron chi connectivity index (χ2n) is 14.5. The first kappa shape index (κ1) is 30.8. The zero-order valence-corrected chi connectivity index (χ0v) is 29.1. The fraction of sp³-hybridized carbons (Fsp3) is 0.205. The Morgan fingerprint density at radius 2 is 1.62 bits per heavy atom. The van der Waals surface area contributed by atoms with Gasteiger partial charge in [0.25, 0.3) is 0 Å². The van der Waals surface area contributed by atoms with Crippen LogP contribution in [0.5, 0.6) is 0 Å². The average molecular weight is 674 g/mol. The van der Waals surface area contributed by atoms with E-state index in [-0.39, 0.29) is 23.5 Å². The Kier molecular flexibility index (Phi) is 7.22. The van der Waals surface area contributed by atoms with Gasteiger partial charge in [0.15, 0.2) is 9.84 Å². The van der Waals surface area contributed by atoms with Gasteiger partial charge < -0.3 is 9.80 Å². The van der Waals surface area contributed by atoms with Gasteiger partial charge in [0.05, 0.1) is 17.5 Å². The van der Waals surface area contributed by atoms with E-state index in [4.69, 9.17) is 0 Å². The third kappa shape index (κ3) is 5.30. The molecule has 0 bridgehead atoms. The highest BCUT2D eigenvalue weighted by Crippen LogP contribution is 2.52. The second-order valence-corrected chi connectivity index (χ2v) is 16.6. The van der Waals surface area contributed by atoms with Crippen molar-refractivity contribution >= 4 is 26.7 Å². The van der Waals surface area contributed by atoms with E-state index >= 15 is 0 Å². The van der Waals surface area contributed by atoms with E-state index in [1.54, 1.807) is 0 Å². The predicted molar refractivity (Wildman–Crippen MR) is 205 cm³/mol. The van der Waals surface area contributed by atoms with Crippen LogP contribution < -0.4 is 4.90 Å². The van der Waals surface area contributed by atoms with Gasteiger partial charge >= 0.3 is 0 Å². The van der Waals surface area contributed by atoms with Crippen molar-refractivity contribution in [3.05, 3.63) is 168 Å². The molecule has 1 aromatic heterocycles. The molecular formula is C44H39N3O2S. The first-order valence-corrected chi connectivity index (χ1v) is 19.2. The molecule has 248 valence electrons. The van der Waals surface area contributed by atoms with Gasteiger partial charge in [0, 0.05) is 48.7 Å². The summed E-state index contributed by atoms with van der Waals surface area (Å²) in [5, 5.41) is 0. The van der Waals surface area contributed by atoms with Crippen LogP contribution in [0.3, 0.4) is 0 Å². The van der Waals surface area contributed by atoms with Crippen molar-refractivity contribution in [3.63, 3.8) is 0 Å². The van der Waals surface area contributed by atoms with Crippen LogP contribution in [-0.4, -0.2) is 43.7 Å². The number of rotatable bonds is 4. The number of fused-ring (bicyclic) bond motifs is 6. The first-order valence-electron chi connectivity index (χ1n) is 17.4. The molecule has 4 aromatic rings. The van der Waals surface area contributed by atoms with Crippen LogP contribution in [0.1, 0.15) is 41.5 Å². The van der Waals surface area contributed by atoms with Gasteiger partial charge in [-0.3, -0.25) is 4.98 Å². The van der Waals surface area contributed by atoms with Crippen LogP contribution in [0.2, 0.25) is 0 Å². The summed E-state index contributed by atoms with van der Waals surface area (Å²) in [5.74, 6) is 0.457. The fourth-order valence-corrected chi connectivity index (χ4v) is 10.6. The monoisotopic (exact) mass is 673 g/mol. The van der Waals surface area contributed by atoms with E-state index in [0.29, 0.717) is 6.42 Å². The van der Waals surface area contributed by atoms with Crippen molar-refractivity contribution in [3.8, 4) is 22.3 Å². The lowest BCUT2D eigenvalue weighted by Gasteiger charge is -2.37. The highest BCUT2D eigenvalue weighted by atomic mass is 32.2. The van der Waals surface area contributed by atoms with Crippen molar-refractivity contribution in [1.29, 1.82) is 0 Å². The number of hydrogen-bond acceptors (Lipinski definition) is 5. The number of sulfone groups is 1. The standard InChI is InChI=1S/C44H39N3O2S/c1-44-18-13-37(47-42-9-5-3-7-38(42)39-8-4-6-10-43(39)47)27-41(44)40-26-32(11-12-33(40)28-50(48,49)29-44)36-24-34(30-14-19-45-20-15-30)23-35(25-36)31-16-21-46(2)22-17-31/h3-17,19-21,23-27,38,42H,18,22,28-29H2,1-2H3. The van der Waals surface area contributed by atoms with E-state index in [2.05, 4.69) is 144 Å². The van der Waals surface area contributed by atoms with Crippen molar-refractivity contribution in [2.45, 2.75) is 31.1 Å². The molecule has 3 aliphatic heterocycles. The Balaban J connectivity index is 1.19. The number of aromatic nitrogens is 1. The molecule has 0 radical (unpaired) electrons. The Labute approximate surface area is 294 Å². The minimum absolute atomic E-state index is 0.0448. The Bertz CT molecular complexity index is 2350. The maximum atomic E-state index is 13.7. The Morgan fingerprint density at radius 1 is 0.840 bits per heavy atom. The molecule has 5 aliphatic rings. The smallest absolute Gasteiger partial charge is 0.155 e. The number of para-hydroxylation sites is 1. The molecule has 9 rings (SSSR count). The number of hydrogen-bond donors (Lipinski definition) is 0. The van der Waals surface area contributed by atoms with Crippen molar-refractivity contribution < 1.29 is 8.42 Å². The van der Waals surface area contributed by atoms with Crippen LogP contribution in [-0.2, 0) is 15.6 Å². The number of allylic oxidation sites excluding steroid dienone is 7. The summed E-state index contributed by atoms with van der Waals surface area (Å²) in [5.41, 5.74) is 12.9. The second kappa shape index (κ2) is 11.7. The molecule has 0 N–H and O–H groups in total. The summed E-state index contributed by atoms with van der Waals surface area (Å²) in [6.07, 6.45) is 24.3. The molecule has 0 saturated carbocycles. The van der Waals surface area contributed by atoms with Gasteiger partial charge in [-0.2, -0.15) is 0 Å². The van der Waals surface area contributed by atoms with Crippen LogP contribution >= 0.6 is 0 Å². The van der Waals surface area contributed by atoms with Crippen molar-refractivity contribution in [1.82, 2.24) is 9.88 Å². The normalized spacial score (nSPS) is 24.3. The lowest BCUT2D eigenvalue weighted by Crippen LogP contribution is -2.35. The van der Waals surface area contributed by atoms with Crippen molar-refractivity contribution in [2.75, 3.05) is 24.2 Å². The zero-order valence-electron chi connectivity index (χ0n) is 28.3. The van der Waals surface area contributed by atoms with Gasteiger partial charge in [-0.15, -0.1) is 0 Å². The van der Waals surface area contributed by atoms with Gasteiger partial charge in [-0.05, 0) is 123 Å². The summed E-state index contributed by atoms with van der Waals surface area (Å²) in [4.78, 5) is 8.88. The molecule has 3 aromatic carbocycles. The number of pyridine rings is 1. The summed E-state index contributed by atoms with van der Waals surface area (Å²) in [7, 11) is -1.26. The molecular weight excluding hydrogens is 635 g/mol. The molecule has 3 unspecified atom stereocenters. The molecule has 6 heteroatoms. The Hall–Kier alpha value is -5.20. The van der Waals surface area contributed by atoms with E-state index in [1.807, 2.05) is 24.5 Å². The Morgan fingerprint density at radius 3 is 2.44 bits per heavy atom. The quantitative estimate of drug-likeness (QED) is 0.217. The number of nitrogens with zero attached hydrogens (tertiary/aromatic N) is 3. The topological polar surface area (TPSA) is 53.5 Å². The summed E-state index contributed by atoms with van der Waals surface area (Å²) >= 11 is 0.